The molecule has 0 amide bonds. The zero-order valence-electron chi connectivity index (χ0n) is 27.8. The Labute approximate surface area is 250 Å². The molecule has 3 aliphatic heterocycles. The quantitative estimate of drug-likeness (QED) is 0.153. The van der Waals surface area contributed by atoms with Crippen LogP contribution in [0, 0.1) is 0 Å². The third-order valence-corrected chi connectivity index (χ3v) is 6.45. The van der Waals surface area contributed by atoms with Gasteiger partial charge in [-0.25, -0.2) is 0 Å². The second-order valence-electron chi connectivity index (χ2n) is 11.6. The van der Waals surface area contributed by atoms with Crippen LogP contribution in [0.3, 0.4) is 0 Å². The summed E-state index contributed by atoms with van der Waals surface area (Å²) < 4.78 is 45.0. The summed E-state index contributed by atoms with van der Waals surface area (Å²) in [4.78, 5) is 0. The SMILES string of the molecule is CC1(C)OCC(C2OC(C)(C)OC2C2COC(C)(C)O2)O1.CO.COC(C)(C)OC.OCC(O)C(O)C(O)C(O)CO.[H+]. The number of aliphatic hydroxyl groups is 7. The smallest absolute Gasteiger partial charge is 0.400 e. The van der Waals surface area contributed by atoms with E-state index < -0.39 is 60.8 Å². The third-order valence-electron chi connectivity index (χ3n) is 6.45. The van der Waals surface area contributed by atoms with Crippen molar-refractivity contribution in [2.75, 3.05) is 47.8 Å². The molecule has 42 heavy (non-hydrogen) atoms. The van der Waals surface area contributed by atoms with Crippen LogP contribution in [-0.4, -0.2) is 155 Å². The van der Waals surface area contributed by atoms with Crippen molar-refractivity contribution in [1.82, 2.24) is 0 Å². The molecular weight excluding hydrogens is 564 g/mol. The maximum Gasteiger partial charge on any atom is 1.00 e. The van der Waals surface area contributed by atoms with Gasteiger partial charge < -0.3 is 73.6 Å². The molecule has 0 radical (unpaired) electrons. The van der Waals surface area contributed by atoms with Crippen LogP contribution in [0.15, 0.2) is 0 Å². The molecule has 0 aromatic carbocycles. The second kappa shape index (κ2) is 17.8. The molecule has 0 aromatic heterocycles. The fourth-order valence-corrected chi connectivity index (χ4v) is 3.90. The van der Waals surface area contributed by atoms with E-state index in [1.807, 2.05) is 55.4 Å². The van der Waals surface area contributed by atoms with Crippen LogP contribution in [0.1, 0.15) is 56.8 Å². The Balaban J connectivity index is 0. The lowest BCUT2D eigenvalue weighted by molar-refractivity contribution is -0.178. The molecule has 7 N–H and O–H groups in total. The molecule has 8 atom stereocenters. The van der Waals surface area contributed by atoms with Crippen LogP contribution in [-0.2, 0) is 37.9 Å². The summed E-state index contributed by atoms with van der Waals surface area (Å²) in [5.74, 6) is -2.25. The Hall–Kier alpha value is -0.600. The largest absolute Gasteiger partial charge is 1.00 e. The fourth-order valence-electron chi connectivity index (χ4n) is 3.90. The highest BCUT2D eigenvalue weighted by molar-refractivity contribution is 4.96. The van der Waals surface area contributed by atoms with Crippen molar-refractivity contribution < 1.29 is 75.1 Å². The number of methoxy groups -OCH3 is 2. The molecule has 254 valence electrons. The summed E-state index contributed by atoms with van der Waals surface area (Å²) in [5.41, 5.74) is 0. The minimum atomic E-state index is -1.67. The van der Waals surface area contributed by atoms with Crippen molar-refractivity contribution in [2.45, 2.75) is 127 Å². The lowest BCUT2D eigenvalue weighted by atomic mass is 10.0. The molecule has 3 fully saturated rings. The first-order valence-electron chi connectivity index (χ1n) is 13.7. The van der Waals surface area contributed by atoms with Gasteiger partial charge in [0.1, 0.15) is 48.8 Å². The zero-order valence-corrected chi connectivity index (χ0v) is 26.8. The second-order valence-corrected chi connectivity index (χ2v) is 11.6. The highest BCUT2D eigenvalue weighted by atomic mass is 16.8. The molecule has 3 rings (SSSR count). The van der Waals surface area contributed by atoms with E-state index in [1.165, 1.54) is 0 Å². The fraction of sp³-hybridized carbons (Fsp3) is 1.00. The highest BCUT2D eigenvalue weighted by Crippen LogP contribution is 2.39. The summed E-state index contributed by atoms with van der Waals surface area (Å²) in [6, 6.07) is 0. The zero-order chi connectivity index (χ0) is 33.1. The highest BCUT2D eigenvalue weighted by Gasteiger charge is 2.54. The van der Waals surface area contributed by atoms with Crippen LogP contribution in [0.2, 0.25) is 0 Å². The van der Waals surface area contributed by atoms with Crippen molar-refractivity contribution >= 4 is 0 Å². The van der Waals surface area contributed by atoms with Gasteiger partial charge in [-0.05, 0) is 55.4 Å². The molecule has 3 aliphatic rings. The predicted molar refractivity (Wildman–Crippen MR) is 149 cm³/mol. The van der Waals surface area contributed by atoms with E-state index in [0.29, 0.717) is 13.2 Å². The van der Waals surface area contributed by atoms with Crippen molar-refractivity contribution in [2.24, 2.45) is 0 Å². The molecule has 15 heteroatoms. The number of hydrogen-bond acceptors (Lipinski definition) is 15. The summed E-state index contributed by atoms with van der Waals surface area (Å²) in [7, 11) is 4.23. The van der Waals surface area contributed by atoms with Gasteiger partial charge in [0, 0.05) is 21.3 Å². The summed E-state index contributed by atoms with van der Waals surface area (Å²) in [6.07, 6.45) is -7.19. The Morgan fingerprint density at radius 2 is 0.976 bits per heavy atom. The van der Waals surface area contributed by atoms with Crippen molar-refractivity contribution in [3.8, 4) is 0 Å². The van der Waals surface area contributed by atoms with Crippen LogP contribution < -0.4 is 0 Å². The predicted octanol–water partition coefficient (Wildman–Crippen LogP) is -1.04. The average molecular weight is 622 g/mol. The van der Waals surface area contributed by atoms with Gasteiger partial charge in [-0.2, -0.15) is 0 Å². The van der Waals surface area contributed by atoms with E-state index in [2.05, 4.69) is 0 Å². The van der Waals surface area contributed by atoms with E-state index in [1.54, 1.807) is 14.2 Å². The Morgan fingerprint density at radius 1 is 0.667 bits per heavy atom. The van der Waals surface area contributed by atoms with Gasteiger partial charge in [0.2, 0.25) is 0 Å². The number of aliphatic hydroxyl groups excluding tert-OH is 7. The summed E-state index contributed by atoms with van der Waals surface area (Å²) in [5, 5.41) is 59.2. The Kier molecular flexibility index (Phi) is 17.5. The van der Waals surface area contributed by atoms with E-state index in [0.717, 1.165) is 7.11 Å². The molecule has 0 bridgehead atoms. The van der Waals surface area contributed by atoms with Gasteiger partial charge in [-0.15, -0.1) is 0 Å². The lowest BCUT2D eigenvalue weighted by Gasteiger charge is -2.26. The van der Waals surface area contributed by atoms with Crippen LogP contribution >= 0.6 is 0 Å². The van der Waals surface area contributed by atoms with Crippen LogP contribution in [0.25, 0.3) is 0 Å². The van der Waals surface area contributed by atoms with Crippen molar-refractivity contribution in [3.63, 3.8) is 0 Å². The third kappa shape index (κ3) is 13.6. The van der Waals surface area contributed by atoms with E-state index in [-0.39, 0.29) is 25.8 Å². The molecular formula is C27H57O15+. The summed E-state index contributed by atoms with van der Waals surface area (Å²) >= 11 is 0. The Morgan fingerprint density at radius 3 is 1.17 bits per heavy atom. The molecule has 15 nitrogen and oxygen atoms in total. The van der Waals surface area contributed by atoms with Gasteiger partial charge in [-0.1, -0.05) is 0 Å². The molecule has 0 saturated carbocycles. The molecule has 0 aromatic rings. The first kappa shape index (κ1) is 41.4. The average Bonchev–Trinajstić information content (AvgIpc) is 3.61. The van der Waals surface area contributed by atoms with Crippen LogP contribution in [0.4, 0.5) is 0 Å². The topological polar surface area (TPSA) is 215 Å². The van der Waals surface area contributed by atoms with Gasteiger partial charge in [-0.3, -0.25) is 0 Å². The molecule has 0 aliphatic carbocycles. The number of ether oxygens (including phenoxy) is 8. The first-order valence-corrected chi connectivity index (χ1v) is 13.7. The van der Waals surface area contributed by atoms with Crippen molar-refractivity contribution in [1.29, 1.82) is 0 Å². The van der Waals surface area contributed by atoms with E-state index in [9.17, 15) is 0 Å². The van der Waals surface area contributed by atoms with Gasteiger partial charge in [0.25, 0.3) is 0 Å². The minimum Gasteiger partial charge on any atom is -0.400 e. The van der Waals surface area contributed by atoms with Gasteiger partial charge in [0.05, 0.1) is 26.4 Å². The number of hydrogen-bond donors (Lipinski definition) is 7. The van der Waals surface area contributed by atoms with Crippen LogP contribution in [0.5, 0.6) is 0 Å². The molecule has 8 unspecified atom stereocenters. The standard InChI is InChI=1S/C15H26O6.C6H14O6.C5H12O2.CH4O/c1-13(2)16-7-9(18-13)11-12(21-15(5,6)20-11)10-8-17-14(3,4)19-10;7-1-3(9)5(11)6(12)4(10)2-8;1-5(2,6-3)7-4;1-2/h9-12H,7-8H2,1-6H3;3-12H,1-2H2;1-4H3;2H,1H3/p+1. The maximum absolute atomic E-state index is 8.96. The van der Waals surface area contributed by atoms with Gasteiger partial charge in [0.15, 0.2) is 23.1 Å². The van der Waals surface area contributed by atoms with Crippen molar-refractivity contribution in [3.05, 3.63) is 0 Å². The Bertz CT molecular complexity index is 683. The normalized spacial score (nSPS) is 30.4. The molecule has 3 heterocycles. The van der Waals surface area contributed by atoms with E-state index in [4.69, 9.17) is 73.6 Å². The minimum absolute atomic E-state index is 0. The van der Waals surface area contributed by atoms with E-state index >= 15 is 0 Å². The van der Waals surface area contributed by atoms with Gasteiger partial charge >= 0.3 is 1.43 Å². The molecule has 3 saturated heterocycles. The molecule has 0 spiro atoms. The maximum atomic E-state index is 8.96. The lowest BCUT2D eigenvalue weighted by Crippen LogP contribution is -2.46. The number of rotatable bonds is 9. The monoisotopic (exact) mass is 621 g/mol. The first-order chi connectivity index (χ1) is 19.2. The summed E-state index contributed by atoms with van der Waals surface area (Å²) in [6.45, 7) is 14.7.